The summed E-state index contributed by atoms with van der Waals surface area (Å²) in [6, 6.07) is 9.36. The molecule has 1 aromatic heterocycles. The van der Waals surface area contributed by atoms with Gasteiger partial charge in [-0.2, -0.15) is 0 Å². The lowest BCUT2D eigenvalue weighted by Gasteiger charge is -2.17. The summed E-state index contributed by atoms with van der Waals surface area (Å²) < 4.78 is 4.98. The zero-order chi connectivity index (χ0) is 16.8. The Morgan fingerprint density at radius 3 is 2.65 bits per heavy atom. The fourth-order valence-electron chi connectivity index (χ4n) is 2.29. The number of nitrogens with one attached hydrogen (secondary N) is 1. The number of hydrogen-bond acceptors (Lipinski definition) is 4. The van der Waals surface area contributed by atoms with Crippen molar-refractivity contribution in [3.05, 3.63) is 41.7 Å². The zero-order valence-corrected chi connectivity index (χ0v) is 13.6. The van der Waals surface area contributed by atoms with E-state index in [0.29, 0.717) is 11.6 Å². The monoisotopic (exact) mass is 315 g/mol. The van der Waals surface area contributed by atoms with Gasteiger partial charge in [-0.15, -0.1) is 0 Å². The molecule has 1 aromatic carbocycles. The van der Waals surface area contributed by atoms with Crippen LogP contribution in [-0.2, 0) is 16.0 Å². The number of para-hydroxylation sites is 1. The van der Waals surface area contributed by atoms with E-state index in [2.05, 4.69) is 10.5 Å². The molecule has 2 rings (SSSR count). The van der Waals surface area contributed by atoms with Crippen molar-refractivity contribution < 1.29 is 14.1 Å². The highest BCUT2D eigenvalue weighted by Gasteiger charge is 2.17. The standard InChI is InChI=1S/C17H21N3O3/c1-4-14-7-5-6-8-15(14)18-17(22)9-10-20(13(3)21)16-11-12(2)23-19-16/h5-8,11H,4,9-10H2,1-3H3,(H,18,22). The van der Waals surface area contributed by atoms with Crippen LogP contribution in [-0.4, -0.2) is 23.5 Å². The highest BCUT2D eigenvalue weighted by molar-refractivity contribution is 5.94. The number of carbonyl (C=O) groups excluding carboxylic acids is 2. The minimum absolute atomic E-state index is 0.141. The van der Waals surface area contributed by atoms with Gasteiger partial charge >= 0.3 is 0 Å². The quantitative estimate of drug-likeness (QED) is 0.889. The Morgan fingerprint density at radius 2 is 2.04 bits per heavy atom. The summed E-state index contributed by atoms with van der Waals surface area (Å²) in [6.07, 6.45) is 1.03. The third-order valence-electron chi connectivity index (χ3n) is 3.51. The van der Waals surface area contributed by atoms with Crippen molar-refractivity contribution in [3.8, 4) is 0 Å². The van der Waals surface area contributed by atoms with E-state index in [-0.39, 0.29) is 24.8 Å². The molecule has 2 aromatic rings. The predicted molar refractivity (Wildman–Crippen MR) is 88.3 cm³/mol. The average molecular weight is 315 g/mol. The molecule has 2 amide bonds. The average Bonchev–Trinajstić information content (AvgIpc) is 2.94. The van der Waals surface area contributed by atoms with Gasteiger partial charge in [0.15, 0.2) is 5.82 Å². The second kappa shape index (κ2) is 7.58. The first kappa shape index (κ1) is 16.7. The molecule has 1 N–H and O–H groups in total. The highest BCUT2D eigenvalue weighted by Crippen LogP contribution is 2.17. The van der Waals surface area contributed by atoms with Crippen molar-refractivity contribution in [3.63, 3.8) is 0 Å². The van der Waals surface area contributed by atoms with E-state index >= 15 is 0 Å². The van der Waals surface area contributed by atoms with Crippen LogP contribution in [0.5, 0.6) is 0 Å². The summed E-state index contributed by atoms with van der Waals surface area (Å²) in [5.74, 6) is 0.724. The maximum Gasteiger partial charge on any atom is 0.226 e. The van der Waals surface area contributed by atoms with Crippen LogP contribution < -0.4 is 10.2 Å². The molecule has 0 bridgehead atoms. The third-order valence-corrected chi connectivity index (χ3v) is 3.51. The number of carbonyl (C=O) groups is 2. The smallest absolute Gasteiger partial charge is 0.226 e. The summed E-state index contributed by atoms with van der Waals surface area (Å²) in [5, 5.41) is 6.72. The molecular weight excluding hydrogens is 294 g/mol. The maximum absolute atomic E-state index is 12.2. The van der Waals surface area contributed by atoms with Crippen molar-refractivity contribution in [2.24, 2.45) is 0 Å². The van der Waals surface area contributed by atoms with Crippen LogP contribution in [0.25, 0.3) is 0 Å². The molecule has 6 nitrogen and oxygen atoms in total. The van der Waals surface area contributed by atoms with E-state index in [1.807, 2.05) is 31.2 Å². The van der Waals surface area contributed by atoms with Gasteiger partial charge in [-0.25, -0.2) is 0 Å². The number of aromatic nitrogens is 1. The molecule has 0 saturated heterocycles. The summed E-state index contributed by atoms with van der Waals surface area (Å²) in [4.78, 5) is 25.3. The van der Waals surface area contributed by atoms with Gasteiger partial charge in [-0.3, -0.25) is 14.5 Å². The van der Waals surface area contributed by atoms with E-state index in [1.54, 1.807) is 13.0 Å². The van der Waals surface area contributed by atoms with Crippen molar-refractivity contribution in [1.82, 2.24) is 5.16 Å². The predicted octanol–water partition coefficient (Wildman–Crippen LogP) is 2.93. The fraction of sp³-hybridized carbons (Fsp3) is 0.353. The summed E-state index contributed by atoms with van der Waals surface area (Å²) in [7, 11) is 0. The Kier molecular flexibility index (Phi) is 5.51. The second-order valence-corrected chi connectivity index (χ2v) is 5.28. The Labute approximate surface area is 135 Å². The van der Waals surface area contributed by atoms with E-state index in [4.69, 9.17) is 4.52 Å². The van der Waals surface area contributed by atoms with Crippen LogP contribution in [0.4, 0.5) is 11.5 Å². The number of hydrogen-bond donors (Lipinski definition) is 1. The van der Waals surface area contributed by atoms with Gasteiger partial charge in [0.05, 0.1) is 0 Å². The van der Waals surface area contributed by atoms with Crippen LogP contribution in [0.1, 0.15) is 31.6 Å². The van der Waals surface area contributed by atoms with Crippen LogP contribution >= 0.6 is 0 Å². The van der Waals surface area contributed by atoms with Gasteiger partial charge in [0.2, 0.25) is 11.8 Å². The van der Waals surface area contributed by atoms with Gasteiger partial charge < -0.3 is 9.84 Å². The van der Waals surface area contributed by atoms with Gasteiger partial charge in [-0.1, -0.05) is 30.3 Å². The minimum atomic E-state index is -0.181. The fourth-order valence-corrected chi connectivity index (χ4v) is 2.29. The van der Waals surface area contributed by atoms with Crippen LogP contribution in [0.2, 0.25) is 0 Å². The van der Waals surface area contributed by atoms with Crippen molar-refractivity contribution in [1.29, 1.82) is 0 Å². The molecule has 0 radical (unpaired) electrons. The molecule has 0 unspecified atom stereocenters. The lowest BCUT2D eigenvalue weighted by molar-refractivity contribution is -0.117. The van der Waals surface area contributed by atoms with Gasteiger partial charge in [0, 0.05) is 31.6 Å². The molecule has 0 aliphatic rings. The van der Waals surface area contributed by atoms with E-state index in [1.165, 1.54) is 11.8 Å². The number of aryl methyl sites for hydroxylation is 2. The number of anilines is 2. The van der Waals surface area contributed by atoms with Gasteiger partial charge in [-0.05, 0) is 25.0 Å². The Bertz CT molecular complexity index is 694. The summed E-state index contributed by atoms with van der Waals surface area (Å²) >= 11 is 0. The van der Waals surface area contributed by atoms with Crippen molar-refractivity contribution in [2.45, 2.75) is 33.6 Å². The minimum Gasteiger partial charge on any atom is -0.360 e. The third kappa shape index (κ3) is 4.42. The molecule has 0 aliphatic heterocycles. The number of benzene rings is 1. The van der Waals surface area contributed by atoms with Gasteiger partial charge in [0.1, 0.15) is 5.76 Å². The lowest BCUT2D eigenvalue weighted by atomic mass is 10.1. The first-order valence-corrected chi connectivity index (χ1v) is 7.60. The molecule has 23 heavy (non-hydrogen) atoms. The van der Waals surface area contributed by atoms with Crippen LogP contribution in [0, 0.1) is 6.92 Å². The molecule has 0 saturated carbocycles. The molecule has 0 spiro atoms. The van der Waals surface area contributed by atoms with Crippen LogP contribution in [0.3, 0.4) is 0 Å². The first-order valence-electron chi connectivity index (χ1n) is 7.60. The van der Waals surface area contributed by atoms with Gasteiger partial charge in [0.25, 0.3) is 0 Å². The number of amides is 2. The molecule has 6 heteroatoms. The molecule has 0 aliphatic carbocycles. The first-order chi connectivity index (χ1) is 11.0. The maximum atomic E-state index is 12.2. The highest BCUT2D eigenvalue weighted by atomic mass is 16.5. The topological polar surface area (TPSA) is 75.4 Å². The summed E-state index contributed by atoms with van der Waals surface area (Å²) in [6.45, 7) is 5.48. The normalized spacial score (nSPS) is 10.4. The molecule has 0 atom stereocenters. The molecule has 122 valence electrons. The van der Waals surface area contributed by atoms with E-state index in [0.717, 1.165) is 17.7 Å². The summed E-state index contributed by atoms with van der Waals surface area (Å²) in [5.41, 5.74) is 1.89. The Morgan fingerprint density at radius 1 is 1.30 bits per heavy atom. The Hall–Kier alpha value is -2.63. The SMILES string of the molecule is CCc1ccccc1NC(=O)CCN(C(C)=O)c1cc(C)on1. The largest absolute Gasteiger partial charge is 0.360 e. The zero-order valence-electron chi connectivity index (χ0n) is 13.6. The van der Waals surface area contributed by atoms with Crippen LogP contribution in [0.15, 0.2) is 34.9 Å². The van der Waals surface area contributed by atoms with Crippen molar-refractivity contribution in [2.75, 3.05) is 16.8 Å². The second-order valence-electron chi connectivity index (χ2n) is 5.28. The van der Waals surface area contributed by atoms with E-state index in [9.17, 15) is 9.59 Å². The lowest BCUT2D eigenvalue weighted by Crippen LogP contribution is -2.32. The number of rotatable bonds is 6. The molecule has 1 heterocycles. The van der Waals surface area contributed by atoms with Crippen molar-refractivity contribution >= 4 is 23.3 Å². The molecular formula is C17H21N3O3. The Balaban J connectivity index is 1.98. The van der Waals surface area contributed by atoms with E-state index < -0.39 is 0 Å². The molecule has 0 fully saturated rings. The number of nitrogens with zero attached hydrogens (tertiary/aromatic N) is 2.